The Bertz CT molecular complexity index is 1070. The van der Waals surface area contributed by atoms with Crippen LogP contribution in [0, 0.1) is 6.92 Å². The number of nitrogens with one attached hydrogen (secondary N) is 1. The maximum atomic E-state index is 5.36. The van der Waals surface area contributed by atoms with Crippen molar-refractivity contribution < 1.29 is 4.52 Å². The number of imidazole rings is 1. The molecule has 0 bridgehead atoms. The van der Waals surface area contributed by atoms with Gasteiger partial charge in [-0.25, -0.2) is 4.98 Å². The fourth-order valence-corrected chi connectivity index (χ4v) is 3.98. The van der Waals surface area contributed by atoms with Crippen molar-refractivity contribution in [3.8, 4) is 11.3 Å². The van der Waals surface area contributed by atoms with Gasteiger partial charge in [0.15, 0.2) is 5.58 Å². The highest BCUT2D eigenvalue weighted by atomic mass is 16.5. The molecule has 1 aromatic carbocycles. The molecule has 0 spiro atoms. The number of nitrogens with zero attached hydrogens (tertiary/aromatic N) is 3. The van der Waals surface area contributed by atoms with E-state index in [0.717, 1.165) is 39.4 Å². The predicted octanol–water partition coefficient (Wildman–Crippen LogP) is 5.20. The summed E-state index contributed by atoms with van der Waals surface area (Å²) in [5.74, 6) is 1.08. The normalized spacial score (nSPS) is 15.7. The van der Waals surface area contributed by atoms with Crippen LogP contribution in [0.5, 0.6) is 0 Å². The number of rotatable bonds is 3. The number of aromatic nitrogens is 3. The number of anilines is 1. The molecule has 5 heteroatoms. The number of hydrogen-bond donors (Lipinski definition) is 1. The van der Waals surface area contributed by atoms with Crippen molar-refractivity contribution in [3.63, 3.8) is 0 Å². The smallest absolute Gasteiger partial charge is 0.167 e. The minimum absolute atomic E-state index is 0.517. The van der Waals surface area contributed by atoms with Gasteiger partial charge in [-0.1, -0.05) is 30.5 Å². The molecule has 0 atom stereocenters. The van der Waals surface area contributed by atoms with E-state index in [1.54, 1.807) is 0 Å². The summed E-state index contributed by atoms with van der Waals surface area (Å²) in [6.45, 7) is 1.97. The van der Waals surface area contributed by atoms with Crippen LogP contribution in [0.25, 0.3) is 27.9 Å². The molecule has 132 valence electrons. The molecule has 0 aliphatic heterocycles. The molecular formula is C21H22N4O. The van der Waals surface area contributed by atoms with Crippen molar-refractivity contribution in [2.24, 2.45) is 0 Å². The molecule has 1 aliphatic rings. The van der Waals surface area contributed by atoms with Crippen molar-refractivity contribution in [2.45, 2.75) is 45.1 Å². The SMILES string of the molecule is Cc1noc2ccc(-c3nc4ccccn4c3NC3CCCCC3)cc12. The van der Waals surface area contributed by atoms with Crippen LogP contribution in [0.4, 0.5) is 5.82 Å². The van der Waals surface area contributed by atoms with Gasteiger partial charge in [0.2, 0.25) is 0 Å². The molecule has 1 N–H and O–H groups in total. The largest absolute Gasteiger partial charge is 0.367 e. The number of pyridine rings is 1. The van der Waals surface area contributed by atoms with Crippen LogP contribution >= 0.6 is 0 Å². The molecule has 5 nitrogen and oxygen atoms in total. The zero-order valence-corrected chi connectivity index (χ0v) is 14.9. The Hall–Kier alpha value is -2.82. The maximum absolute atomic E-state index is 5.36. The number of hydrogen-bond acceptors (Lipinski definition) is 4. The van der Waals surface area contributed by atoms with E-state index in [4.69, 9.17) is 9.51 Å². The summed E-state index contributed by atoms with van der Waals surface area (Å²) >= 11 is 0. The summed E-state index contributed by atoms with van der Waals surface area (Å²) in [4.78, 5) is 4.92. The first kappa shape index (κ1) is 15.4. The number of benzene rings is 1. The summed E-state index contributed by atoms with van der Waals surface area (Å²) in [5.41, 5.74) is 4.77. The molecule has 1 fully saturated rings. The second-order valence-corrected chi connectivity index (χ2v) is 7.20. The first-order chi connectivity index (χ1) is 12.8. The van der Waals surface area contributed by atoms with Crippen molar-refractivity contribution in [1.29, 1.82) is 0 Å². The third-order valence-electron chi connectivity index (χ3n) is 5.40. The number of fused-ring (bicyclic) bond motifs is 2. The van der Waals surface area contributed by atoms with E-state index in [1.165, 1.54) is 32.1 Å². The van der Waals surface area contributed by atoms with Crippen LogP contribution in [-0.4, -0.2) is 20.6 Å². The van der Waals surface area contributed by atoms with Crippen LogP contribution in [0.3, 0.4) is 0 Å². The van der Waals surface area contributed by atoms with Gasteiger partial charge in [0.25, 0.3) is 0 Å². The molecule has 0 saturated heterocycles. The van der Waals surface area contributed by atoms with Crippen LogP contribution in [0.15, 0.2) is 47.1 Å². The molecule has 1 aliphatic carbocycles. The van der Waals surface area contributed by atoms with Crippen molar-refractivity contribution >= 4 is 22.4 Å². The Morgan fingerprint density at radius 3 is 2.88 bits per heavy atom. The molecule has 3 aromatic heterocycles. The fourth-order valence-electron chi connectivity index (χ4n) is 3.98. The number of aryl methyl sites for hydroxylation is 1. The second-order valence-electron chi connectivity index (χ2n) is 7.20. The van der Waals surface area contributed by atoms with Crippen LogP contribution < -0.4 is 5.32 Å². The van der Waals surface area contributed by atoms with Gasteiger partial charge in [-0.15, -0.1) is 0 Å². The minimum atomic E-state index is 0.517. The summed E-state index contributed by atoms with van der Waals surface area (Å²) in [7, 11) is 0. The average Bonchev–Trinajstić information content (AvgIpc) is 3.24. The Kier molecular flexibility index (Phi) is 3.66. The quantitative estimate of drug-likeness (QED) is 0.554. The summed E-state index contributed by atoms with van der Waals surface area (Å²) in [6, 6.07) is 12.8. The van der Waals surface area contributed by atoms with Crippen molar-refractivity contribution in [2.75, 3.05) is 5.32 Å². The van der Waals surface area contributed by atoms with Gasteiger partial charge in [0.05, 0.1) is 5.69 Å². The van der Waals surface area contributed by atoms with Crippen LogP contribution in [0.1, 0.15) is 37.8 Å². The molecule has 0 radical (unpaired) electrons. The molecule has 4 aromatic rings. The summed E-state index contributed by atoms with van der Waals surface area (Å²) in [5, 5.41) is 8.91. The van der Waals surface area contributed by atoms with Gasteiger partial charge >= 0.3 is 0 Å². The highest BCUT2D eigenvalue weighted by Crippen LogP contribution is 2.33. The van der Waals surface area contributed by atoms with E-state index < -0.39 is 0 Å². The lowest BCUT2D eigenvalue weighted by atomic mass is 9.95. The van der Waals surface area contributed by atoms with Gasteiger partial charge in [0, 0.05) is 23.2 Å². The van der Waals surface area contributed by atoms with Gasteiger partial charge in [0.1, 0.15) is 17.2 Å². The summed E-state index contributed by atoms with van der Waals surface area (Å²) < 4.78 is 7.52. The highest BCUT2D eigenvalue weighted by molar-refractivity contribution is 5.87. The molecular weight excluding hydrogens is 324 g/mol. The van der Waals surface area contributed by atoms with E-state index >= 15 is 0 Å². The Balaban J connectivity index is 1.65. The zero-order chi connectivity index (χ0) is 17.5. The zero-order valence-electron chi connectivity index (χ0n) is 14.9. The minimum Gasteiger partial charge on any atom is -0.367 e. The lowest BCUT2D eigenvalue weighted by Gasteiger charge is -2.24. The van der Waals surface area contributed by atoms with Crippen molar-refractivity contribution in [3.05, 3.63) is 48.3 Å². The second kappa shape index (κ2) is 6.16. The van der Waals surface area contributed by atoms with Crippen molar-refractivity contribution in [1.82, 2.24) is 14.5 Å². The standard InChI is InChI=1S/C21H22N4O/c1-14-17-13-15(10-11-18(17)26-24-14)20-21(22-16-7-3-2-4-8-16)25-12-6-5-9-19(25)23-20/h5-6,9-13,16,22H,2-4,7-8H2,1H3. The molecule has 5 rings (SSSR count). The Morgan fingerprint density at radius 1 is 1.12 bits per heavy atom. The maximum Gasteiger partial charge on any atom is 0.167 e. The van der Waals surface area contributed by atoms with Crippen LogP contribution in [0.2, 0.25) is 0 Å². The van der Waals surface area contributed by atoms with Gasteiger partial charge in [-0.05, 0) is 50.1 Å². The topological polar surface area (TPSA) is 55.4 Å². The summed E-state index contributed by atoms with van der Waals surface area (Å²) in [6.07, 6.45) is 8.49. The molecule has 3 heterocycles. The lowest BCUT2D eigenvalue weighted by Crippen LogP contribution is -2.23. The monoisotopic (exact) mass is 346 g/mol. The first-order valence-electron chi connectivity index (χ1n) is 9.39. The van der Waals surface area contributed by atoms with E-state index in [1.807, 2.05) is 19.1 Å². The van der Waals surface area contributed by atoms with E-state index in [-0.39, 0.29) is 0 Å². The van der Waals surface area contributed by atoms with E-state index in [9.17, 15) is 0 Å². The molecule has 1 saturated carbocycles. The molecule has 0 amide bonds. The average molecular weight is 346 g/mol. The molecule has 0 unspecified atom stereocenters. The molecule has 26 heavy (non-hydrogen) atoms. The Morgan fingerprint density at radius 2 is 2.00 bits per heavy atom. The van der Waals surface area contributed by atoms with Gasteiger partial charge < -0.3 is 9.84 Å². The van der Waals surface area contributed by atoms with E-state index in [0.29, 0.717) is 6.04 Å². The fraction of sp³-hybridized carbons (Fsp3) is 0.333. The first-order valence-corrected chi connectivity index (χ1v) is 9.39. The predicted molar refractivity (Wildman–Crippen MR) is 103 cm³/mol. The highest BCUT2D eigenvalue weighted by Gasteiger charge is 2.20. The van der Waals surface area contributed by atoms with Crippen LogP contribution in [-0.2, 0) is 0 Å². The third-order valence-corrected chi connectivity index (χ3v) is 5.40. The van der Waals surface area contributed by atoms with Gasteiger partial charge in [-0.2, -0.15) is 0 Å². The third kappa shape index (κ3) is 2.55. The Labute approximate surface area is 152 Å². The van der Waals surface area contributed by atoms with E-state index in [2.05, 4.69) is 45.3 Å². The lowest BCUT2D eigenvalue weighted by molar-refractivity contribution is 0.450. The van der Waals surface area contributed by atoms with Gasteiger partial charge in [-0.3, -0.25) is 4.40 Å².